The van der Waals surface area contributed by atoms with E-state index in [2.05, 4.69) is 0 Å². The third kappa shape index (κ3) is 2.47. The summed E-state index contributed by atoms with van der Waals surface area (Å²) in [5, 5.41) is 19.2. The van der Waals surface area contributed by atoms with Crippen molar-refractivity contribution in [2.75, 3.05) is 0 Å². The molecule has 2 rings (SSSR count). The molecule has 0 fully saturated rings. The first-order valence-electron chi connectivity index (χ1n) is 8.22. The smallest absolute Gasteiger partial charge is 0.303 e. The Morgan fingerprint density at radius 1 is 1.40 bits per heavy atom. The van der Waals surface area contributed by atoms with Gasteiger partial charge in [0, 0.05) is 16.1 Å². The molecular formula is C16H22O4. The van der Waals surface area contributed by atoms with E-state index in [-0.39, 0.29) is 17.7 Å². The molecule has 1 aromatic carbocycles. The first-order valence-corrected chi connectivity index (χ1v) is 6.72. The molecule has 4 nitrogen and oxygen atoms in total. The molecule has 0 amide bonds. The van der Waals surface area contributed by atoms with Crippen molar-refractivity contribution in [3.05, 3.63) is 22.3 Å². The molecule has 0 saturated carbocycles. The fourth-order valence-electron chi connectivity index (χ4n) is 2.63. The quantitative estimate of drug-likeness (QED) is 0.892. The number of phenols is 1. The molecule has 4 heteroatoms. The van der Waals surface area contributed by atoms with Gasteiger partial charge in [-0.3, -0.25) is 4.79 Å². The van der Waals surface area contributed by atoms with Gasteiger partial charge in [0.25, 0.3) is 0 Å². The van der Waals surface area contributed by atoms with Crippen molar-refractivity contribution in [3.8, 4) is 11.5 Å². The van der Waals surface area contributed by atoms with E-state index in [0.717, 1.165) is 0 Å². The van der Waals surface area contributed by atoms with Gasteiger partial charge >= 0.3 is 5.97 Å². The summed E-state index contributed by atoms with van der Waals surface area (Å²) in [5.74, 6) is -0.605. The van der Waals surface area contributed by atoms with Gasteiger partial charge in [0.1, 0.15) is 17.1 Å². The number of ether oxygens (including phenoxy) is 1. The zero-order chi connectivity index (χ0) is 17.6. The topological polar surface area (TPSA) is 66.8 Å². The van der Waals surface area contributed by atoms with Crippen LogP contribution in [0.25, 0.3) is 0 Å². The van der Waals surface area contributed by atoms with Gasteiger partial charge in [-0.15, -0.1) is 0 Å². The first-order chi connectivity index (χ1) is 10.5. The van der Waals surface area contributed by atoms with Crippen molar-refractivity contribution in [3.63, 3.8) is 0 Å². The second-order valence-corrected chi connectivity index (χ2v) is 5.73. The molecule has 2 N–H and O–H groups in total. The molecule has 0 aliphatic carbocycles. The Morgan fingerprint density at radius 2 is 2.10 bits per heavy atom. The van der Waals surface area contributed by atoms with Crippen LogP contribution in [0, 0.1) is 20.7 Å². The van der Waals surface area contributed by atoms with Crippen LogP contribution in [0.1, 0.15) is 52.6 Å². The summed E-state index contributed by atoms with van der Waals surface area (Å²) in [6.07, 6.45) is 1.30. The molecule has 110 valence electrons. The van der Waals surface area contributed by atoms with Crippen LogP contribution < -0.4 is 4.74 Å². The van der Waals surface area contributed by atoms with Crippen LogP contribution in [-0.4, -0.2) is 21.8 Å². The highest BCUT2D eigenvalue weighted by Gasteiger charge is 2.34. The Kier molecular flexibility index (Phi) is 2.75. The molecule has 1 heterocycles. The van der Waals surface area contributed by atoms with Crippen molar-refractivity contribution in [1.82, 2.24) is 0 Å². The van der Waals surface area contributed by atoms with Crippen molar-refractivity contribution < 1.29 is 23.9 Å². The summed E-state index contributed by atoms with van der Waals surface area (Å²) < 4.78 is 29.1. The Hall–Kier alpha value is -1.71. The van der Waals surface area contributed by atoms with E-state index in [4.69, 9.17) is 14.0 Å². The van der Waals surface area contributed by atoms with E-state index < -0.39 is 18.4 Å². The van der Waals surface area contributed by atoms with E-state index >= 15 is 0 Å². The fraction of sp³-hybridized carbons (Fsp3) is 0.562. The minimum atomic E-state index is -2.43. The Bertz CT molecular complexity index is 652. The average molecular weight is 281 g/mol. The molecule has 0 spiro atoms. The number of carbonyl (C=O) groups is 1. The van der Waals surface area contributed by atoms with Crippen LogP contribution >= 0.6 is 0 Å². The molecule has 1 unspecified atom stereocenters. The van der Waals surface area contributed by atoms with Crippen LogP contribution in [0.4, 0.5) is 0 Å². The summed E-state index contributed by atoms with van der Waals surface area (Å²) in [5.41, 5.74) is 1.00. The highest BCUT2D eigenvalue weighted by atomic mass is 16.5. The number of carboxylic acids is 1. The SMILES string of the molecule is [2H]C([2H])([2H])c1c(O)c(C)c(C)c2c1CCC(C)(CCC(=O)O)O2. The molecule has 0 bridgehead atoms. The van der Waals surface area contributed by atoms with Gasteiger partial charge in [-0.2, -0.15) is 0 Å². The van der Waals surface area contributed by atoms with E-state index in [0.29, 0.717) is 41.7 Å². The lowest BCUT2D eigenvalue weighted by atomic mass is 9.85. The molecule has 1 aliphatic heterocycles. The summed E-state index contributed by atoms with van der Waals surface area (Å²) in [4.78, 5) is 10.8. The third-order valence-corrected chi connectivity index (χ3v) is 4.19. The zero-order valence-electron chi connectivity index (χ0n) is 15.0. The van der Waals surface area contributed by atoms with E-state index in [1.165, 1.54) is 0 Å². The van der Waals surface area contributed by atoms with Crippen LogP contribution in [0.3, 0.4) is 0 Å². The lowest BCUT2D eigenvalue weighted by Crippen LogP contribution is -2.37. The van der Waals surface area contributed by atoms with Crippen molar-refractivity contribution in [2.24, 2.45) is 0 Å². The van der Waals surface area contributed by atoms with Gasteiger partial charge in [0.15, 0.2) is 0 Å². The van der Waals surface area contributed by atoms with Crippen LogP contribution in [0.15, 0.2) is 0 Å². The Morgan fingerprint density at radius 3 is 2.70 bits per heavy atom. The molecule has 1 aromatic rings. The van der Waals surface area contributed by atoms with E-state index in [1.807, 2.05) is 6.92 Å². The number of phenolic OH excluding ortho intramolecular Hbond substituents is 1. The van der Waals surface area contributed by atoms with Gasteiger partial charge in [-0.1, -0.05) is 0 Å². The summed E-state index contributed by atoms with van der Waals surface area (Å²) in [6, 6.07) is 0. The highest BCUT2D eigenvalue weighted by molar-refractivity contribution is 5.66. The molecule has 0 radical (unpaired) electrons. The summed E-state index contributed by atoms with van der Waals surface area (Å²) in [7, 11) is 0. The van der Waals surface area contributed by atoms with Crippen LogP contribution in [0.5, 0.6) is 11.5 Å². The summed E-state index contributed by atoms with van der Waals surface area (Å²) >= 11 is 0. The Labute approximate surface area is 123 Å². The maximum absolute atomic E-state index is 10.8. The predicted octanol–water partition coefficient (Wildman–Crippen LogP) is 3.27. The second kappa shape index (κ2) is 5.00. The lowest BCUT2D eigenvalue weighted by molar-refractivity contribution is -0.138. The minimum Gasteiger partial charge on any atom is -0.507 e. The van der Waals surface area contributed by atoms with Gasteiger partial charge < -0.3 is 14.9 Å². The highest BCUT2D eigenvalue weighted by Crippen LogP contribution is 2.44. The van der Waals surface area contributed by atoms with Crippen molar-refractivity contribution >= 4 is 5.97 Å². The number of aromatic hydroxyl groups is 1. The lowest BCUT2D eigenvalue weighted by Gasteiger charge is -2.37. The fourth-order valence-corrected chi connectivity index (χ4v) is 2.63. The maximum atomic E-state index is 10.8. The Balaban J connectivity index is 2.52. The molecule has 1 atom stereocenters. The number of aliphatic carboxylic acids is 1. The van der Waals surface area contributed by atoms with Gasteiger partial charge in [0.2, 0.25) is 0 Å². The third-order valence-electron chi connectivity index (χ3n) is 4.19. The van der Waals surface area contributed by atoms with Crippen LogP contribution in [-0.2, 0) is 11.2 Å². The molecule has 20 heavy (non-hydrogen) atoms. The minimum absolute atomic E-state index is 0.00588. The van der Waals surface area contributed by atoms with E-state index in [9.17, 15) is 9.90 Å². The van der Waals surface area contributed by atoms with Gasteiger partial charge in [-0.05, 0) is 63.6 Å². The average Bonchev–Trinajstić information content (AvgIpc) is 2.43. The van der Waals surface area contributed by atoms with E-state index in [1.54, 1.807) is 13.8 Å². The first kappa shape index (κ1) is 11.0. The van der Waals surface area contributed by atoms with Crippen molar-refractivity contribution in [1.29, 1.82) is 0 Å². The summed E-state index contributed by atoms with van der Waals surface area (Å²) in [6.45, 7) is 2.85. The van der Waals surface area contributed by atoms with Gasteiger partial charge in [0.05, 0.1) is 0 Å². The molecule has 0 aromatic heterocycles. The van der Waals surface area contributed by atoms with Crippen LogP contribution in [0.2, 0.25) is 0 Å². The largest absolute Gasteiger partial charge is 0.507 e. The van der Waals surface area contributed by atoms with Gasteiger partial charge in [-0.25, -0.2) is 0 Å². The molecule has 1 aliphatic rings. The number of carboxylic acid groups (broad SMARTS) is 1. The number of hydrogen-bond acceptors (Lipinski definition) is 3. The predicted molar refractivity (Wildman–Crippen MR) is 76.5 cm³/mol. The molecule has 0 saturated heterocycles. The number of hydrogen-bond donors (Lipinski definition) is 2. The molecular weight excluding hydrogens is 256 g/mol. The normalized spacial score (nSPS) is 24.1. The number of benzene rings is 1. The number of fused-ring (bicyclic) bond motifs is 1. The maximum Gasteiger partial charge on any atom is 0.303 e. The van der Waals surface area contributed by atoms with Crippen molar-refractivity contribution in [2.45, 2.75) is 58.9 Å². The number of rotatable bonds is 3. The second-order valence-electron chi connectivity index (χ2n) is 5.73. The monoisotopic (exact) mass is 281 g/mol. The zero-order valence-corrected chi connectivity index (χ0v) is 12.0. The standard InChI is InChI=1S/C16H22O4/c1-9-10(2)15-12(11(3)14(9)19)5-7-16(4,20-15)8-6-13(17)18/h19H,5-8H2,1-4H3,(H,17,18)/i3D3.